The molecule has 2 aliphatic heterocycles. The van der Waals surface area contributed by atoms with Gasteiger partial charge in [-0.25, -0.2) is 0 Å². The topological polar surface area (TPSA) is 97.7 Å². The van der Waals surface area contributed by atoms with Gasteiger partial charge in [0.15, 0.2) is 11.5 Å². The minimum absolute atomic E-state index is 0.0784. The molecule has 8 nitrogen and oxygen atoms in total. The monoisotopic (exact) mass is 378 g/mol. The molecule has 0 aliphatic carbocycles. The second-order valence-corrected chi connectivity index (χ2v) is 7.29. The molecule has 0 radical (unpaired) electrons. The summed E-state index contributed by atoms with van der Waals surface area (Å²) < 4.78 is 7.66. The summed E-state index contributed by atoms with van der Waals surface area (Å²) in [5.41, 5.74) is 3.42. The van der Waals surface area contributed by atoms with Gasteiger partial charge in [0.25, 0.3) is 5.91 Å². The predicted molar refractivity (Wildman–Crippen MR) is 102 cm³/mol. The van der Waals surface area contributed by atoms with Crippen molar-refractivity contribution in [3.8, 4) is 11.4 Å². The quantitative estimate of drug-likeness (QED) is 0.725. The second kappa shape index (κ2) is 7.20. The summed E-state index contributed by atoms with van der Waals surface area (Å²) in [6, 6.07) is 10.2. The molecule has 1 aromatic carbocycles. The van der Waals surface area contributed by atoms with Crippen LogP contribution in [-0.4, -0.2) is 43.5 Å². The molecule has 3 aromatic rings. The van der Waals surface area contributed by atoms with Gasteiger partial charge < -0.3 is 14.6 Å². The van der Waals surface area contributed by atoms with Gasteiger partial charge in [0.05, 0.1) is 13.2 Å². The van der Waals surface area contributed by atoms with Crippen LogP contribution in [0.25, 0.3) is 11.4 Å². The Balaban J connectivity index is 1.30. The van der Waals surface area contributed by atoms with Crippen molar-refractivity contribution in [3.63, 3.8) is 0 Å². The number of hydrogen-bond acceptors (Lipinski definition) is 5. The first-order valence-electron chi connectivity index (χ1n) is 9.72. The fraction of sp³-hybridized carbons (Fsp3) is 0.400. The van der Waals surface area contributed by atoms with Gasteiger partial charge in [0.2, 0.25) is 0 Å². The SMILES string of the molecule is O=C(NC1CCc2nnc(-c3ccccc3)n2CC1)c1n[nH]c2c1COCC2. The number of rotatable bonds is 3. The third-order valence-electron chi connectivity index (χ3n) is 5.52. The summed E-state index contributed by atoms with van der Waals surface area (Å²) in [5, 5.41) is 19.1. The molecule has 0 saturated carbocycles. The maximum atomic E-state index is 12.8. The molecule has 1 amide bonds. The summed E-state index contributed by atoms with van der Waals surface area (Å²) in [6.45, 7) is 1.89. The van der Waals surface area contributed by atoms with Crippen molar-refractivity contribution in [3.05, 3.63) is 53.1 Å². The van der Waals surface area contributed by atoms with Crippen molar-refractivity contribution >= 4 is 5.91 Å². The average molecular weight is 378 g/mol. The fourth-order valence-corrected chi connectivity index (χ4v) is 3.99. The Kier molecular flexibility index (Phi) is 4.40. The molecule has 2 N–H and O–H groups in total. The van der Waals surface area contributed by atoms with Gasteiger partial charge >= 0.3 is 0 Å². The third-order valence-corrected chi connectivity index (χ3v) is 5.52. The second-order valence-electron chi connectivity index (χ2n) is 7.29. The summed E-state index contributed by atoms with van der Waals surface area (Å²) >= 11 is 0. The maximum Gasteiger partial charge on any atom is 0.272 e. The number of ether oxygens (including phenoxy) is 1. The Bertz CT molecular complexity index is 994. The average Bonchev–Trinajstić information content (AvgIpc) is 3.30. The molecule has 1 atom stereocenters. The van der Waals surface area contributed by atoms with E-state index in [1.165, 1.54) is 0 Å². The zero-order valence-electron chi connectivity index (χ0n) is 15.5. The third kappa shape index (κ3) is 3.09. The summed E-state index contributed by atoms with van der Waals surface area (Å²) in [7, 11) is 0. The number of benzene rings is 1. The first kappa shape index (κ1) is 17.1. The number of nitrogens with one attached hydrogen (secondary N) is 2. The highest BCUT2D eigenvalue weighted by molar-refractivity contribution is 5.94. The largest absolute Gasteiger partial charge is 0.376 e. The number of H-pyrrole nitrogens is 1. The lowest BCUT2D eigenvalue weighted by molar-refractivity contribution is 0.0906. The van der Waals surface area contributed by atoms with Gasteiger partial charge in [-0.05, 0) is 12.8 Å². The van der Waals surface area contributed by atoms with Gasteiger partial charge in [0.1, 0.15) is 5.82 Å². The van der Waals surface area contributed by atoms with Crippen LogP contribution in [0.15, 0.2) is 30.3 Å². The molecule has 8 heteroatoms. The number of nitrogens with zero attached hydrogens (tertiary/aromatic N) is 4. The Morgan fingerprint density at radius 1 is 1.18 bits per heavy atom. The van der Waals surface area contributed by atoms with Crippen molar-refractivity contribution in [2.45, 2.75) is 44.9 Å². The number of carbonyl (C=O) groups is 1. The number of aromatic nitrogens is 5. The number of aromatic amines is 1. The number of hydrogen-bond donors (Lipinski definition) is 2. The first-order valence-corrected chi connectivity index (χ1v) is 9.72. The van der Waals surface area contributed by atoms with Crippen molar-refractivity contribution < 1.29 is 9.53 Å². The smallest absolute Gasteiger partial charge is 0.272 e. The van der Waals surface area contributed by atoms with E-state index in [-0.39, 0.29) is 11.9 Å². The van der Waals surface area contributed by atoms with Crippen LogP contribution in [0.5, 0.6) is 0 Å². The van der Waals surface area contributed by atoms with Crippen LogP contribution in [0.2, 0.25) is 0 Å². The van der Waals surface area contributed by atoms with E-state index in [1.807, 2.05) is 30.3 Å². The summed E-state index contributed by atoms with van der Waals surface area (Å²) in [5.74, 6) is 1.73. The van der Waals surface area contributed by atoms with E-state index in [4.69, 9.17) is 4.74 Å². The minimum atomic E-state index is -0.131. The molecule has 5 rings (SSSR count). The van der Waals surface area contributed by atoms with E-state index in [1.54, 1.807) is 0 Å². The Labute approximate surface area is 162 Å². The van der Waals surface area contributed by atoms with Gasteiger partial charge in [-0.1, -0.05) is 30.3 Å². The molecule has 144 valence electrons. The Morgan fingerprint density at radius 2 is 2.07 bits per heavy atom. The van der Waals surface area contributed by atoms with E-state index >= 15 is 0 Å². The van der Waals surface area contributed by atoms with Crippen molar-refractivity contribution in [1.29, 1.82) is 0 Å². The maximum absolute atomic E-state index is 12.8. The minimum Gasteiger partial charge on any atom is -0.376 e. The van der Waals surface area contributed by atoms with E-state index in [0.717, 1.165) is 60.7 Å². The molecule has 0 bridgehead atoms. The zero-order valence-corrected chi connectivity index (χ0v) is 15.5. The highest BCUT2D eigenvalue weighted by atomic mass is 16.5. The van der Waals surface area contributed by atoms with Crippen LogP contribution in [0.4, 0.5) is 0 Å². The number of fused-ring (bicyclic) bond motifs is 2. The van der Waals surface area contributed by atoms with Gasteiger partial charge in [-0.2, -0.15) is 5.10 Å². The van der Waals surface area contributed by atoms with Crippen LogP contribution < -0.4 is 5.32 Å². The number of amides is 1. The Hall–Kier alpha value is -3.00. The molecule has 1 unspecified atom stereocenters. The lowest BCUT2D eigenvalue weighted by Gasteiger charge is -2.17. The van der Waals surface area contributed by atoms with E-state index in [9.17, 15) is 4.79 Å². The normalized spacial score (nSPS) is 18.8. The van der Waals surface area contributed by atoms with Gasteiger partial charge in [-0.15, -0.1) is 10.2 Å². The Morgan fingerprint density at radius 3 is 2.96 bits per heavy atom. The zero-order chi connectivity index (χ0) is 18.9. The van der Waals surface area contributed by atoms with Crippen LogP contribution in [-0.2, 0) is 30.7 Å². The van der Waals surface area contributed by atoms with Crippen LogP contribution in [0, 0.1) is 0 Å². The number of aryl methyl sites for hydroxylation is 1. The van der Waals surface area contributed by atoms with Crippen LogP contribution >= 0.6 is 0 Å². The standard InChI is InChI=1S/C20H22N6O2/c27-20(18-15-12-28-11-9-16(15)22-24-18)21-14-6-7-17-23-25-19(26(17)10-8-14)13-4-2-1-3-5-13/h1-5,14H,6-12H2,(H,21,27)(H,22,24). The highest BCUT2D eigenvalue weighted by Crippen LogP contribution is 2.23. The highest BCUT2D eigenvalue weighted by Gasteiger charge is 2.26. The molecule has 2 aliphatic rings. The van der Waals surface area contributed by atoms with E-state index < -0.39 is 0 Å². The lowest BCUT2D eigenvalue weighted by Crippen LogP contribution is -2.36. The molecule has 4 heterocycles. The lowest BCUT2D eigenvalue weighted by atomic mass is 10.1. The number of carbonyl (C=O) groups excluding carboxylic acids is 1. The van der Waals surface area contributed by atoms with Crippen molar-refractivity contribution in [2.75, 3.05) is 6.61 Å². The van der Waals surface area contributed by atoms with E-state index in [0.29, 0.717) is 18.9 Å². The van der Waals surface area contributed by atoms with Gasteiger partial charge in [-0.3, -0.25) is 9.89 Å². The first-order chi connectivity index (χ1) is 13.8. The van der Waals surface area contributed by atoms with Crippen LogP contribution in [0.3, 0.4) is 0 Å². The molecule has 2 aromatic heterocycles. The van der Waals surface area contributed by atoms with Gasteiger partial charge in [0, 0.05) is 42.2 Å². The molecule has 28 heavy (non-hydrogen) atoms. The molecule has 0 fully saturated rings. The molecule has 0 spiro atoms. The molecule has 0 saturated heterocycles. The van der Waals surface area contributed by atoms with Crippen molar-refractivity contribution in [1.82, 2.24) is 30.3 Å². The predicted octanol–water partition coefficient (Wildman–Crippen LogP) is 1.88. The van der Waals surface area contributed by atoms with Crippen LogP contribution in [0.1, 0.15) is 40.4 Å². The molecular formula is C20H22N6O2. The van der Waals surface area contributed by atoms with E-state index in [2.05, 4.69) is 30.3 Å². The van der Waals surface area contributed by atoms with Crippen molar-refractivity contribution in [2.24, 2.45) is 0 Å². The summed E-state index contributed by atoms with van der Waals surface area (Å²) in [4.78, 5) is 12.8. The molecular weight excluding hydrogens is 356 g/mol. The fourth-order valence-electron chi connectivity index (χ4n) is 3.99. The summed E-state index contributed by atoms with van der Waals surface area (Å²) in [6.07, 6.45) is 3.23.